The smallest absolute Gasteiger partial charge is 0.434 e. The summed E-state index contributed by atoms with van der Waals surface area (Å²) in [6.07, 6.45) is 0. The van der Waals surface area contributed by atoms with E-state index in [0.717, 1.165) is 0 Å². The molecule has 9 aromatic carbocycles. The Labute approximate surface area is 395 Å². The molecule has 2 aliphatic rings. The lowest BCUT2D eigenvalue weighted by molar-refractivity contribution is 0.479. The molecular formula is C54H36BNO2Si. The summed E-state index contributed by atoms with van der Waals surface area (Å²) >= 11 is 0. The first-order valence-electron chi connectivity index (χ1n) is 35.3. The van der Waals surface area contributed by atoms with Gasteiger partial charge in [0.05, 0.1) is 60.4 Å². The van der Waals surface area contributed by atoms with Crippen LogP contribution < -0.4 is 41.1 Å². The molecule has 12 rings (SSSR count). The predicted molar refractivity (Wildman–Crippen MR) is 247 cm³/mol. The van der Waals surface area contributed by atoms with Crippen molar-refractivity contribution in [2.24, 2.45) is 0 Å². The first-order valence-corrected chi connectivity index (χ1v) is 19.3. The quantitative estimate of drug-likeness (QED) is 0.124. The molecule has 0 saturated carbocycles. The first kappa shape index (κ1) is 13.6. The van der Waals surface area contributed by atoms with Gasteiger partial charge in [0.2, 0.25) is 0 Å². The van der Waals surface area contributed by atoms with E-state index in [2.05, 4.69) is 0 Å². The van der Waals surface area contributed by atoms with Crippen LogP contribution in [0.1, 0.15) is 49.3 Å². The summed E-state index contributed by atoms with van der Waals surface area (Å²) < 4.78 is 347. The Hall–Kier alpha value is -7.34. The third-order valence-electron chi connectivity index (χ3n) is 9.79. The zero-order valence-electron chi connectivity index (χ0n) is 65.3. The summed E-state index contributed by atoms with van der Waals surface area (Å²) in [6, 6.07) is -41.0. The van der Waals surface area contributed by atoms with Crippen molar-refractivity contribution < 1.29 is 58.7 Å². The Balaban J connectivity index is 1.33. The van der Waals surface area contributed by atoms with Crippen molar-refractivity contribution in [2.45, 2.75) is 0 Å². The van der Waals surface area contributed by atoms with Crippen LogP contribution in [0, 0.1) is 0 Å². The summed E-state index contributed by atoms with van der Waals surface area (Å²) in [4.78, 5) is 0. The zero-order chi connectivity index (χ0) is 70.2. The van der Waals surface area contributed by atoms with Gasteiger partial charge >= 0.3 is 6.92 Å². The lowest BCUT2D eigenvalue weighted by Gasteiger charge is -2.37. The molecule has 0 radical (unpaired) electrons. The third-order valence-corrected chi connectivity index (χ3v) is 13.8. The molecule has 3 nitrogen and oxygen atoms in total. The summed E-state index contributed by atoms with van der Waals surface area (Å²) in [5.41, 5.74) is -7.39. The van der Waals surface area contributed by atoms with Gasteiger partial charge in [-0.05, 0) is 85.8 Å². The van der Waals surface area contributed by atoms with Crippen LogP contribution in [-0.4, -0.2) is 19.6 Å². The summed E-state index contributed by atoms with van der Waals surface area (Å²) in [5, 5.41) is -5.96. The van der Waals surface area contributed by atoms with Crippen molar-refractivity contribution in [2.75, 3.05) is 0 Å². The molecule has 5 heteroatoms. The molecule has 2 aliphatic heterocycles. The molecular weight excluding hydrogens is 733 g/mol. The highest BCUT2D eigenvalue weighted by atomic mass is 28.3. The first-order chi connectivity index (χ1) is 44.2. The van der Waals surface area contributed by atoms with Crippen molar-refractivity contribution in [3.8, 4) is 45.2 Å². The molecule has 10 aromatic rings. The maximum Gasteiger partial charge on any atom is 0.434 e. The largest absolute Gasteiger partial charge is 0.551 e. The van der Waals surface area contributed by atoms with Crippen LogP contribution in [0.2, 0.25) is 0 Å². The number of para-hydroxylation sites is 3. The highest BCUT2D eigenvalue weighted by Gasteiger charge is 2.44. The predicted octanol–water partition coefficient (Wildman–Crippen LogP) is 9.10. The third kappa shape index (κ3) is 5.15. The minimum Gasteiger partial charge on any atom is -0.551 e. The van der Waals surface area contributed by atoms with Crippen LogP contribution in [-0.2, 0) is 0 Å². The van der Waals surface area contributed by atoms with Crippen molar-refractivity contribution in [3.05, 3.63) is 218 Å². The van der Waals surface area contributed by atoms with Crippen LogP contribution in [0.3, 0.4) is 0 Å². The Morgan fingerprint density at radius 2 is 1.02 bits per heavy atom. The Morgan fingerprint density at radius 1 is 0.424 bits per heavy atom. The monoisotopic (exact) mass is 805 g/mol. The summed E-state index contributed by atoms with van der Waals surface area (Å²) in [7, 11) is -6.53. The molecule has 0 saturated heterocycles. The molecule has 1 aromatic heterocycles. The minimum atomic E-state index is -6.53. The fourth-order valence-corrected chi connectivity index (χ4v) is 10.9. The number of rotatable bonds is 6. The number of benzene rings is 9. The maximum atomic E-state index is 10.5. The van der Waals surface area contributed by atoms with Crippen molar-refractivity contribution in [1.29, 1.82) is 0 Å². The highest BCUT2D eigenvalue weighted by molar-refractivity contribution is 7.20. The van der Waals surface area contributed by atoms with Crippen LogP contribution in [0.4, 0.5) is 0 Å². The van der Waals surface area contributed by atoms with Gasteiger partial charge in [0.15, 0.2) is 8.07 Å². The Bertz CT molecular complexity index is 5030. The number of fused-ring (bicyclic) bond motifs is 7. The van der Waals surface area contributed by atoms with E-state index >= 15 is 0 Å². The minimum absolute atomic E-state index is 0.559. The van der Waals surface area contributed by atoms with Crippen molar-refractivity contribution in [3.63, 3.8) is 0 Å². The number of ether oxygens (including phenoxy) is 1. The van der Waals surface area contributed by atoms with E-state index in [0.29, 0.717) is 4.57 Å². The van der Waals surface area contributed by atoms with E-state index in [9.17, 15) is 21.9 Å². The van der Waals surface area contributed by atoms with Crippen LogP contribution in [0.15, 0.2) is 218 Å². The van der Waals surface area contributed by atoms with Gasteiger partial charge in [0.25, 0.3) is 0 Å². The molecule has 0 bridgehead atoms. The molecule has 0 fully saturated rings. The van der Waals surface area contributed by atoms with Crippen LogP contribution in [0.25, 0.3) is 49.7 Å². The normalized spacial score (nSPS) is 21.2. The maximum absolute atomic E-state index is 10.5. The van der Waals surface area contributed by atoms with E-state index in [1.807, 2.05) is 0 Å². The van der Waals surface area contributed by atoms with Crippen LogP contribution in [0.5, 0.6) is 17.2 Å². The fraction of sp³-hybridized carbons (Fsp3) is 0. The van der Waals surface area contributed by atoms with Gasteiger partial charge < -0.3 is 14.0 Å². The molecule has 59 heavy (non-hydrogen) atoms. The number of hydrogen-bond acceptors (Lipinski definition) is 2. The Kier molecular flexibility index (Phi) is 3.09. The number of aromatic nitrogens is 1. The van der Waals surface area contributed by atoms with Gasteiger partial charge in [0, 0.05) is 32.9 Å². The second-order valence-electron chi connectivity index (χ2n) is 12.8. The Morgan fingerprint density at radius 3 is 1.68 bits per heavy atom. The molecule has 0 amide bonds. The molecule has 0 atom stereocenters. The van der Waals surface area contributed by atoms with E-state index < -0.39 is 331 Å². The van der Waals surface area contributed by atoms with Gasteiger partial charge in [0.1, 0.15) is 17.2 Å². The lowest BCUT2D eigenvalue weighted by atomic mass is 9.50. The van der Waals surface area contributed by atoms with Gasteiger partial charge in [-0.15, -0.1) is 0 Å². The average molecular weight is 806 g/mol. The highest BCUT2D eigenvalue weighted by Crippen LogP contribution is 2.42. The van der Waals surface area contributed by atoms with Gasteiger partial charge in [-0.2, -0.15) is 0 Å². The van der Waals surface area contributed by atoms with Gasteiger partial charge in [-0.1, -0.05) is 169 Å². The zero-order valence-corrected chi connectivity index (χ0v) is 30.3. The van der Waals surface area contributed by atoms with Crippen molar-refractivity contribution >= 4 is 68.5 Å². The second kappa shape index (κ2) is 13.4. The SMILES string of the molecule is [2H]c1c([2H])c([2H])c([Si](c2c([2H])c([2H])c([2H])c([2H])c2[2H])(c2c([2H])c([2H])c([2H])c([2H])c2[2H])c2c([2H])c([2H])c3c(c2[2H])OB2c4c([2H])c([2H])c([2H])c([2H])c4Oc4c([2H])c(-c5c([2H])c([2H])c([2H])c(-n6c7c([2H])c([2H])c([2H])c([2H])c7c7c([2H])c([2H])c([2H])c([2H])c76)c5[2H])c([2H])c-3c42)c([2H])c1[2H]. The van der Waals surface area contributed by atoms with Gasteiger partial charge in [-0.3, -0.25) is 0 Å². The van der Waals surface area contributed by atoms with Crippen molar-refractivity contribution in [1.82, 2.24) is 4.57 Å². The number of hydrogen-bond donors (Lipinski definition) is 0. The molecule has 276 valence electrons. The van der Waals surface area contributed by atoms with Gasteiger partial charge in [-0.25, -0.2) is 0 Å². The van der Waals surface area contributed by atoms with E-state index in [1.165, 1.54) is 0 Å². The molecule has 0 unspecified atom stereocenters. The van der Waals surface area contributed by atoms with E-state index in [-0.39, 0.29) is 0 Å². The molecule has 0 spiro atoms. The summed E-state index contributed by atoms with van der Waals surface area (Å²) in [6.45, 7) is -2.22. The topological polar surface area (TPSA) is 23.4 Å². The molecule has 0 aliphatic carbocycles. The second-order valence-corrected chi connectivity index (χ2v) is 16.3. The standard InChI is InChI=1S/C54H36BNO2Si/c1-4-19-40(20-5-1)59(41-21-6-2-7-22-41,42-23-8-3-9-24-42)43-31-32-46-47-34-38(35-53-54(47)55(58-52(46)36-43)48-27-12-15-30-51(48)57-53)37-17-16-18-39(33-37)56-49-28-13-10-25-44(49)45-26-11-14-29-50(45)56/h1-36H/i1D,2D,3D,4D,5D,6D,7D,8D,9D,10D,11D,12D,13D,14D,15D,16D,17D,18D,19D,20D,21D,22D,23D,24D,25D,26D,27D,28D,29D,30D,31D,32D,33D,34D,35D,36D. The van der Waals surface area contributed by atoms with Crippen LogP contribution >= 0.6 is 0 Å². The summed E-state index contributed by atoms with van der Waals surface area (Å²) in [5.74, 6) is -2.84. The fourth-order valence-electron chi connectivity index (χ4n) is 7.35. The molecule has 3 heterocycles. The molecule has 0 N–H and O–H groups in total. The average Bonchev–Trinajstić information content (AvgIpc) is 1.11. The number of nitrogens with zero attached hydrogens (tertiary/aromatic N) is 1. The lowest BCUT2D eigenvalue weighted by Crippen LogP contribution is -2.74. The van der Waals surface area contributed by atoms with E-state index in [4.69, 9.17) is 36.8 Å². The van der Waals surface area contributed by atoms with E-state index in [1.54, 1.807) is 0 Å².